The number of fused-ring (bicyclic) bond motifs is 1. The molecule has 1 N–H and O–H groups in total. The minimum atomic E-state index is 0.0154. The molecule has 3 rings (SSSR count). The van der Waals surface area contributed by atoms with Crippen LogP contribution in [0.1, 0.15) is 12.0 Å². The maximum atomic E-state index is 12.0. The van der Waals surface area contributed by atoms with E-state index < -0.39 is 0 Å². The molecule has 0 saturated heterocycles. The third-order valence-electron chi connectivity index (χ3n) is 3.70. The molecule has 1 aliphatic heterocycles. The molecule has 1 heterocycles. The van der Waals surface area contributed by atoms with Gasteiger partial charge in [-0.25, -0.2) is 0 Å². The summed E-state index contributed by atoms with van der Waals surface area (Å²) in [5.74, 6) is 0.0154. The minimum Gasteiger partial charge on any atom is -0.370 e. The van der Waals surface area contributed by atoms with Crippen LogP contribution in [-0.4, -0.2) is 19.0 Å². The number of hydrogen-bond donors (Lipinski definition) is 1. The van der Waals surface area contributed by atoms with Crippen LogP contribution in [0.4, 0.5) is 11.4 Å². The van der Waals surface area contributed by atoms with Crippen molar-refractivity contribution >= 4 is 28.9 Å². The number of carbonyl (C=O) groups excluding carboxylic acids is 1. The number of carbonyl (C=O) groups is 1. The molecule has 0 aromatic heterocycles. The Kier molecular flexibility index (Phi) is 4.11. The number of nitrogens with zero attached hydrogens (tertiary/aromatic N) is 1. The third kappa shape index (κ3) is 3.37. The highest BCUT2D eigenvalue weighted by molar-refractivity contribution is 6.30. The van der Waals surface area contributed by atoms with Gasteiger partial charge in [-0.1, -0.05) is 35.9 Å². The van der Waals surface area contributed by atoms with E-state index in [4.69, 9.17) is 11.6 Å². The van der Waals surface area contributed by atoms with Gasteiger partial charge in [0.1, 0.15) is 0 Å². The molecule has 0 fully saturated rings. The first-order chi connectivity index (χ1) is 10.2. The van der Waals surface area contributed by atoms with Crippen molar-refractivity contribution in [3.63, 3.8) is 0 Å². The lowest BCUT2D eigenvalue weighted by atomic mass is 10.2. The normalized spacial score (nSPS) is 13.1. The van der Waals surface area contributed by atoms with Gasteiger partial charge < -0.3 is 10.2 Å². The summed E-state index contributed by atoms with van der Waals surface area (Å²) in [4.78, 5) is 14.3. The van der Waals surface area contributed by atoms with Gasteiger partial charge in [0, 0.05) is 35.9 Å². The molecule has 1 aliphatic rings. The van der Waals surface area contributed by atoms with Crippen LogP contribution in [0.15, 0.2) is 48.5 Å². The molecule has 3 nitrogen and oxygen atoms in total. The number of amides is 1. The van der Waals surface area contributed by atoms with E-state index in [1.807, 2.05) is 18.2 Å². The van der Waals surface area contributed by atoms with Crippen molar-refractivity contribution in [2.24, 2.45) is 0 Å². The van der Waals surface area contributed by atoms with Gasteiger partial charge in [-0.2, -0.15) is 0 Å². The van der Waals surface area contributed by atoms with Gasteiger partial charge in [0.15, 0.2) is 0 Å². The fourth-order valence-electron chi connectivity index (χ4n) is 2.67. The van der Waals surface area contributed by atoms with Crippen LogP contribution in [0.2, 0.25) is 5.02 Å². The second-order valence-corrected chi connectivity index (χ2v) is 5.61. The molecule has 0 spiro atoms. The highest BCUT2D eigenvalue weighted by atomic mass is 35.5. The number of para-hydroxylation sites is 1. The molecule has 2 aromatic carbocycles. The molecule has 2 aromatic rings. The summed E-state index contributed by atoms with van der Waals surface area (Å²) in [5.41, 5.74) is 3.37. The van der Waals surface area contributed by atoms with E-state index in [1.165, 1.54) is 11.3 Å². The van der Waals surface area contributed by atoms with Gasteiger partial charge in [-0.15, -0.1) is 0 Å². The zero-order chi connectivity index (χ0) is 14.7. The maximum absolute atomic E-state index is 12.0. The third-order valence-corrected chi connectivity index (χ3v) is 3.94. The molecular weight excluding hydrogens is 284 g/mol. The molecule has 0 atom stereocenters. The highest BCUT2D eigenvalue weighted by Gasteiger charge is 2.18. The molecule has 21 heavy (non-hydrogen) atoms. The van der Waals surface area contributed by atoms with Crippen LogP contribution in [0.5, 0.6) is 0 Å². The van der Waals surface area contributed by atoms with Gasteiger partial charge in [-0.3, -0.25) is 4.79 Å². The van der Waals surface area contributed by atoms with Crippen LogP contribution >= 0.6 is 11.6 Å². The van der Waals surface area contributed by atoms with Crippen LogP contribution in [0.3, 0.4) is 0 Å². The molecule has 108 valence electrons. The molecule has 0 saturated carbocycles. The first-order valence-corrected chi connectivity index (χ1v) is 7.48. The minimum absolute atomic E-state index is 0.0154. The lowest BCUT2D eigenvalue weighted by molar-refractivity contribution is -0.116. The SMILES string of the molecule is O=C(CCN1CCc2ccccc21)Nc1cccc(Cl)c1. The largest absolute Gasteiger partial charge is 0.370 e. The van der Waals surface area contributed by atoms with Crippen LogP contribution < -0.4 is 10.2 Å². The second-order valence-electron chi connectivity index (χ2n) is 5.17. The first-order valence-electron chi connectivity index (χ1n) is 7.10. The average molecular weight is 301 g/mol. The Balaban J connectivity index is 1.55. The van der Waals surface area contributed by atoms with E-state index in [0.29, 0.717) is 11.4 Å². The van der Waals surface area contributed by atoms with Gasteiger partial charge in [0.2, 0.25) is 5.91 Å². The van der Waals surface area contributed by atoms with Gasteiger partial charge in [0.05, 0.1) is 0 Å². The van der Waals surface area contributed by atoms with E-state index in [-0.39, 0.29) is 5.91 Å². The molecule has 0 radical (unpaired) electrons. The topological polar surface area (TPSA) is 32.3 Å². The summed E-state index contributed by atoms with van der Waals surface area (Å²) in [6, 6.07) is 15.6. The number of anilines is 2. The predicted molar refractivity (Wildman–Crippen MR) is 87.1 cm³/mol. The van der Waals surface area contributed by atoms with Crippen molar-refractivity contribution in [3.05, 3.63) is 59.1 Å². The zero-order valence-electron chi connectivity index (χ0n) is 11.7. The van der Waals surface area contributed by atoms with Crippen molar-refractivity contribution in [3.8, 4) is 0 Å². The summed E-state index contributed by atoms with van der Waals surface area (Å²) in [5, 5.41) is 3.51. The summed E-state index contributed by atoms with van der Waals surface area (Å²) in [7, 11) is 0. The van der Waals surface area contributed by atoms with Gasteiger partial charge in [0.25, 0.3) is 0 Å². The van der Waals surface area contributed by atoms with Crippen molar-refractivity contribution in [2.45, 2.75) is 12.8 Å². The maximum Gasteiger partial charge on any atom is 0.226 e. The highest BCUT2D eigenvalue weighted by Crippen LogP contribution is 2.27. The number of halogens is 1. The molecular formula is C17H17ClN2O. The Morgan fingerprint density at radius 3 is 2.90 bits per heavy atom. The van der Waals surface area contributed by atoms with E-state index in [0.717, 1.165) is 25.2 Å². The van der Waals surface area contributed by atoms with E-state index in [1.54, 1.807) is 12.1 Å². The fraction of sp³-hybridized carbons (Fsp3) is 0.235. The zero-order valence-corrected chi connectivity index (χ0v) is 12.4. The van der Waals surface area contributed by atoms with Gasteiger partial charge in [-0.05, 0) is 36.2 Å². The van der Waals surface area contributed by atoms with E-state index in [2.05, 4.69) is 28.4 Å². The second kappa shape index (κ2) is 6.19. The summed E-state index contributed by atoms with van der Waals surface area (Å²) in [6.45, 7) is 1.73. The van der Waals surface area contributed by atoms with Crippen molar-refractivity contribution < 1.29 is 4.79 Å². The number of nitrogens with one attached hydrogen (secondary N) is 1. The van der Waals surface area contributed by atoms with E-state index >= 15 is 0 Å². The number of rotatable bonds is 4. The molecule has 0 unspecified atom stereocenters. The molecule has 1 amide bonds. The Labute approximate surface area is 129 Å². The fourth-order valence-corrected chi connectivity index (χ4v) is 2.86. The van der Waals surface area contributed by atoms with Crippen LogP contribution in [0.25, 0.3) is 0 Å². The van der Waals surface area contributed by atoms with Crippen LogP contribution in [-0.2, 0) is 11.2 Å². The Bertz CT molecular complexity index is 657. The standard InChI is InChI=1S/C17H17ClN2O/c18-14-5-3-6-15(12-14)19-17(21)9-11-20-10-8-13-4-1-2-7-16(13)20/h1-7,12H,8-11H2,(H,19,21). The smallest absolute Gasteiger partial charge is 0.226 e. The predicted octanol–water partition coefficient (Wildman–Crippen LogP) is 3.73. The lowest BCUT2D eigenvalue weighted by Gasteiger charge is -2.18. The summed E-state index contributed by atoms with van der Waals surface area (Å²) >= 11 is 5.91. The van der Waals surface area contributed by atoms with Crippen molar-refractivity contribution in [1.82, 2.24) is 0 Å². The Morgan fingerprint density at radius 2 is 2.05 bits per heavy atom. The van der Waals surface area contributed by atoms with Crippen molar-refractivity contribution in [1.29, 1.82) is 0 Å². The quantitative estimate of drug-likeness (QED) is 0.933. The summed E-state index contributed by atoms with van der Waals surface area (Å²) < 4.78 is 0. The van der Waals surface area contributed by atoms with E-state index in [9.17, 15) is 4.79 Å². The number of hydrogen-bond acceptors (Lipinski definition) is 2. The molecule has 0 bridgehead atoms. The van der Waals surface area contributed by atoms with Crippen molar-refractivity contribution in [2.75, 3.05) is 23.3 Å². The average Bonchev–Trinajstić information content (AvgIpc) is 2.88. The number of benzene rings is 2. The monoisotopic (exact) mass is 300 g/mol. The first kappa shape index (κ1) is 14.0. The Morgan fingerprint density at radius 1 is 1.19 bits per heavy atom. The summed E-state index contributed by atoms with van der Waals surface area (Å²) in [6.07, 6.45) is 1.53. The van der Waals surface area contributed by atoms with Crippen LogP contribution in [0, 0.1) is 0 Å². The van der Waals surface area contributed by atoms with Gasteiger partial charge >= 0.3 is 0 Å². The lowest BCUT2D eigenvalue weighted by Crippen LogP contribution is -2.26. The molecule has 0 aliphatic carbocycles. The molecule has 4 heteroatoms. The Hall–Kier alpha value is -2.00.